The van der Waals surface area contributed by atoms with E-state index in [1.807, 2.05) is 24.3 Å². The van der Waals surface area contributed by atoms with E-state index in [1.165, 1.54) is 4.90 Å². The van der Waals surface area contributed by atoms with Gasteiger partial charge in [-0.15, -0.1) is 0 Å². The summed E-state index contributed by atoms with van der Waals surface area (Å²) in [4.78, 5) is 26.4. The first-order valence-electron chi connectivity index (χ1n) is 7.51. The number of benzene rings is 2. The second-order valence-electron chi connectivity index (χ2n) is 5.74. The maximum absolute atomic E-state index is 12.8. The smallest absolute Gasteiger partial charge is 0.326 e. The summed E-state index contributed by atoms with van der Waals surface area (Å²) in [7, 11) is -1.12. The molecule has 1 amide bonds. The zero-order valence-corrected chi connectivity index (χ0v) is 14.0. The maximum atomic E-state index is 12.8. The number of aliphatic carboxylic acids is 1. The normalized spacial score (nSPS) is 17.9. The number of fused-ring (bicyclic) bond motifs is 1. The lowest BCUT2D eigenvalue weighted by Gasteiger charge is -2.34. The van der Waals surface area contributed by atoms with Crippen molar-refractivity contribution < 1.29 is 18.9 Å². The van der Waals surface area contributed by atoms with Gasteiger partial charge in [-0.1, -0.05) is 24.3 Å². The number of hydrogen-bond acceptors (Lipinski definition) is 3. The van der Waals surface area contributed by atoms with Crippen molar-refractivity contribution in [1.29, 1.82) is 0 Å². The molecule has 2 aromatic carbocycles. The van der Waals surface area contributed by atoms with E-state index in [0.29, 0.717) is 16.9 Å². The highest BCUT2D eigenvalue weighted by atomic mass is 32.2. The van der Waals surface area contributed by atoms with Gasteiger partial charge in [-0.3, -0.25) is 9.00 Å². The Labute approximate surface area is 142 Å². The van der Waals surface area contributed by atoms with Gasteiger partial charge in [0.1, 0.15) is 6.04 Å². The topological polar surface area (TPSA) is 74.7 Å². The van der Waals surface area contributed by atoms with E-state index < -0.39 is 22.8 Å². The number of carbonyl (C=O) groups is 2. The van der Waals surface area contributed by atoms with Gasteiger partial charge in [-0.05, 0) is 35.4 Å². The fraction of sp³-hybridized carbons (Fsp3) is 0.222. The number of nitrogens with zero attached hydrogens (tertiary/aromatic N) is 1. The molecule has 3 rings (SSSR count). The monoisotopic (exact) mass is 343 g/mol. The van der Waals surface area contributed by atoms with E-state index in [-0.39, 0.29) is 12.5 Å². The number of carboxylic acid groups (broad SMARTS) is 1. The van der Waals surface area contributed by atoms with E-state index >= 15 is 0 Å². The summed E-state index contributed by atoms with van der Waals surface area (Å²) in [5.41, 5.74) is 2.33. The van der Waals surface area contributed by atoms with Crippen LogP contribution in [0.5, 0.6) is 0 Å². The van der Waals surface area contributed by atoms with Crippen molar-refractivity contribution in [2.75, 3.05) is 6.26 Å². The van der Waals surface area contributed by atoms with Crippen molar-refractivity contribution in [2.24, 2.45) is 0 Å². The minimum Gasteiger partial charge on any atom is -0.480 e. The summed E-state index contributed by atoms with van der Waals surface area (Å²) in [5.74, 6) is -1.34. The van der Waals surface area contributed by atoms with E-state index in [9.17, 15) is 18.9 Å². The van der Waals surface area contributed by atoms with Crippen molar-refractivity contribution >= 4 is 22.7 Å². The van der Waals surface area contributed by atoms with Gasteiger partial charge < -0.3 is 10.0 Å². The Morgan fingerprint density at radius 2 is 1.71 bits per heavy atom. The number of amides is 1. The van der Waals surface area contributed by atoms with Crippen molar-refractivity contribution in [2.45, 2.75) is 23.9 Å². The van der Waals surface area contributed by atoms with Crippen molar-refractivity contribution in [3.8, 4) is 0 Å². The highest BCUT2D eigenvalue weighted by molar-refractivity contribution is 7.84. The molecule has 0 saturated heterocycles. The van der Waals surface area contributed by atoms with Crippen LogP contribution in [0.15, 0.2) is 53.4 Å². The van der Waals surface area contributed by atoms with Crippen LogP contribution in [0.25, 0.3) is 0 Å². The van der Waals surface area contributed by atoms with Crippen LogP contribution >= 0.6 is 0 Å². The molecule has 0 aliphatic carbocycles. The van der Waals surface area contributed by atoms with E-state index in [2.05, 4.69) is 0 Å². The second-order valence-corrected chi connectivity index (χ2v) is 7.12. The van der Waals surface area contributed by atoms with Crippen molar-refractivity contribution in [1.82, 2.24) is 4.90 Å². The molecule has 1 heterocycles. The minimum atomic E-state index is -1.12. The van der Waals surface area contributed by atoms with Crippen LogP contribution in [0.1, 0.15) is 21.5 Å². The third kappa shape index (κ3) is 3.10. The Balaban J connectivity index is 1.92. The van der Waals surface area contributed by atoms with Gasteiger partial charge in [0.05, 0.1) is 0 Å². The van der Waals surface area contributed by atoms with Crippen LogP contribution in [-0.2, 0) is 28.6 Å². The molecule has 2 aromatic rings. The SMILES string of the molecule is C[S@](=O)c1ccc(C(=O)N2Cc3ccccc3C[C@@H]2C(=O)O)cc1. The van der Waals surface area contributed by atoms with Crippen LogP contribution in [0.3, 0.4) is 0 Å². The minimum absolute atomic E-state index is 0.271. The first-order valence-corrected chi connectivity index (χ1v) is 9.07. The molecule has 0 radical (unpaired) electrons. The Hall–Kier alpha value is -2.47. The fourth-order valence-electron chi connectivity index (χ4n) is 2.91. The first-order chi connectivity index (χ1) is 11.5. The lowest BCUT2D eigenvalue weighted by Crippen LogP contribution is -2.48. The molecule has 2 atom stereocenters. The predicted molar refractivity (Wildman–Crippen MR) is 90.2 cm³/mol. The van der Waals surface area contributed by atoms with Crippen molar-refractivity contribution in [3.63, 3.8) is 0 Å². The van der Waals surface area contributed by atoms with E-state index in [4.69, 9.17) is 0 Å². The molecular formula is C18H17NO4S. The zero-order chi connectivity index (χ0) is 17.3. The zero-order valence-electron chi connectivity index (χ0n) is 13.1. The molecule has 0 bridgehead atoms. The summed E-state index contributed by atoms with van der Waals surface area (Å²) < 4.78 is 11.4. The van der Waals surface area contributed by atoms with Crippen LogP contribution in [-0.4, -0.2) is 38.4 Å². The Bertz CT molecular complexity index is 816. The lowest BCUT2D eigenvalue weighted by atomic mass is 9.93. The van der Waals surface area contributed by atoms with Crippen LogP contribution in [0, 0.1) is 0 Å². The highest BCUT2D eigenvalue weighted by Gasteiger charge is 2.34. The lowest BCUT2D eigenvalue weighted by molar-refractivity contribution is -0.142. The molecule has 0 unspecified atom stereocenters. The van der Waals surface area contributed by atoms with Gasteiger partial charge >= 0.3 is 5.97 Å². The van der Waals surface area contributed by atoms with Crippen LogP contribution in [0.4, 0.5) is 0 Å². The second kappa shape index (κ2) is 6.57. The first kappa shape index (κ1) is 16.4. The molecule has 0 spiro atoms. The Kier molecular flexibility index (Phi) is 4.49. The molecule has 124 valence electrons. The van der Waals surface area contributed by atoms with Crippen LogP contribution in [0.2, 0.25) is 0 Å². The van der Waals surface area contributed by atoms with Crippen LogP contribution < -0.4 is 0 Å². The third-order valence-corrected chi connectivity index (χ3v) is 5.16. The summed E-state index contributed by atoms with van der Waals surface area (Å²) in [6.07, 6.45) is 1.87. The van der Waals surface area contributed by atoms with Gasteiger partial charge in [0.15, 0.2) is 0 Å². The fourth-order valence-corrected chi connectivity index (χ4v) is 3.43. The molecule has 6 heteroatoms. The predicted octanol–water partition coefficient (Wildman–Crippen LogP) is 2.08. The molecule has 0 aromatic heterocycles. The highest BCUT2D eigenvalue weighted by Crippen LogP contribution is 2.25. The molecule has 1 aliphatic rings. The molecule has 5 nitrogen and oxygen atoms in total. The maximum Gasteiger partial charge on any atom is 0.326 e. The van der Waals surface area contributed by atoms with Gasteiger partial charge in [0.25, 0.3) is 5.91 Å². The molecule has 24 heavy (non-hydrogen) atoms. The molecule has 1 aliphatic heterocycles. The number of hydrogen-bond donors (Lipinski definition) is 1. The van der Waals surface area contributed by atoms with E-state index in [1.54, 1.807) is 30.5 Å². The average molecular weight is 343 g/mol. The standard InChI is InChI=1S/C18H17NO4S/c1-24(23)15-8-6-12(7-9-15)17(20)19-11-14-5-3-2-4-13(14)10-16(19)18(21)22/h2-9,16H,10-11H2,1H3,(H,21,22)/t16-,24+/m1/s1. The van der Waals surface area contributed by atoms with Crippen molar-refractivity contribution in [3.05, 3.63) is 65.2 Å². The summed E-state index contributed by atoms with van der Waals surface area (Å²) in [6.45, 7) is 0.271. The Morgan fingerprint density at radius 3 is 2.29 bits per heavy atom. The van der Waals surface area contributed by atoms with Gasteiger partial charge in [-0.2, -0.15) is 0 Å². The Morgan fingerprint density at radius 1 is 1.08 bits per heavy atom. The molecule has 0 fully saturated rings. The number of rotatable bonds is 3. The molecule has 1 N–H and O–H groups in total. The largest absolute Gasteiger partial charge is 0.480 e. The van der Waals surface area contributed by atoms with E-state index in [0.717, 1.165) is 11.1 Å². The average Bonchev–Trinajstić information content (AvgIpc) is 2.60. The molecular weight excluding hydrogens is 326 g/mol. The van der Waals surface area contributed by atoms with Gasteiger partial charge in [0, 0.05) is 40.5 Å². The number of carboxylic acids is 1. The third-order valence-electron chi connectivity index (χ3n) is 4.23. The van der Waals surface area contributed by atoms with Gasteiger partial charge in [-0.25, -0.2) is 4.79 Å². The molecule has 0 saturated carbocycles. The number of carbonyl (C=O) groups excluding carboxylic acids is 1. The summed E-state index contributed by atoms with van der Waals surface area (Å²) in [6, 6.07) is 13.2. The van der Waals surface area contributed by atoms with Gasteiger partial charge in [0.2, 0.25) is 0 Å². The summed E-state index contributed by atoms with van der Waals surface area (Å²) >= 11 is 0. The quantitative estimate of drug-likeness (QED) is 0.926. The summed E-state index contributed by atoms with van der Waals surface area (Å²) in [5, 5.41) is 9.51.